The highest BCUT2D eigenvalue weighted by molar-refractivity contribution is 14.0. The fourth-order valence-corrected chi connectivity index (χ4v) is 3.47. The number of hydrogen-bond acceptors (Lipinski definition) is 3. The van der Waals surface area contributed by atoms with Crippen molar-refractivity contribution >= 4 is 29.9 Å². The summed E-state index contributed by atoms with van der Waals surface area (Å²) in [6.07, 6.45) is 1.89. The molecule has 0 amide bonds. The third-order valence-electron chi connectivity index (χ3n) is 4.99. The van der Waals surface area contributed by atoms with Crippen molar-refractivity contribution in [1.29, 1.82) is 0 Å². The highest BCUT2D eigenvalue weighted by atomic mass is 127. The van der Waals surface area contributed by atoms with Crippen molar-refractivity contribution in [3.8, 4) is 5.75 Å². The Labute approximate surface area is 193 Å². The molecule has 0 unspecified atom stereocenters. The number of phenols is 1. The highest BCUT2D eigenvalue weighted by Gasteiger charge is 2.20. The predicted molar refractivity (Wildman–Crippen MR) is 126 cm³/mol. The molecule has 164 valence electrons. The minimum atomic E-state index is -0.808. The van der Waals surface area contributed by atoms with Gasteiger partial charge in [0, 0.05) is 32.2 Å². The lowest BCUT2D eigenvalue weighted by molar-refractivity contribution is 0.198. The van der Waals surface area contributed by atoms with Crippen LogP contribution in [0.25, 0.3) is 0 Å². The molecule has 0 spiro atoms. The molecule has 0 radical (unpaired) electrons. The van der Waals surface area contributed by atoms with Gasteiger partial charge in [0.05, 0.1) is 6.54 Å². The van der Waals surface area contributed by atoms with Crippen LogP contribution in [0, 0.1) is 11.6 Å². The molecule has 8 heteroatoms. The Morgan fingerprint density at radius 3 is 2.53 bits per heavy atom. The number of aliphatic imine (C=N–C) groups is 1. The summed E-state index contributed by atoms with van der Waals surface area (Å²) in [5, 5.41) is 16.3. The molecule has 2 aromatic rings. The summed E-state index contributed by atoms with van der Waals surface area (Å²) in [6.45, 7) is 5.65. The molecule has 0 bridgehead atoms. The van der Waals surface area contributed by atoms with E-state index in [-0.39, 0.29) is 29.7 Å². The van der Waals surface area contributed by atoms with Gasteiger partial charge < -0.3 is 15.7 Å². The van der Waals surface area contributed by atoms with Crippen molar-refractivity contribution in [1.82, 2.24) is 15.5 Å². The van der Waals surface area contributed by atoms with E-state index in [0.717, 1.165) is 49.6 Å². The average molecular weight is 530 g/mol. The number of piperidine rings is 1. The van der Waals surface area contributed by atoms with Crippen LogP contribution in [0.2, 0.25) is 0 Å². The molecule has 1 fully saturated rings. The lowest BCUT2D eigenvalue weighted by Crippen LogP contribution is -2.48. The van der Waals surface area contributed by atoms with Gasteiger partial charge in [-0.25, -0.2) is 13.8 Å². The summed E-state index contributed by atoms with van der Waals surface area (Å²) >= 11 is 0. The Hall–Kier alpha value is -1.94. The quantitative estimate of drug-likeness (QED) is 0.300. The maximum atomic E-state index is 13.4. The molecule has 2 aromatic carbocycles. The topological polar surface area (TPSA) is 59.9 Å². The van der Waals surface area contributed by atoms with E-state index in [1.54, 1.807) is 18.2 Å². The molecular weight excluding hydrogens is 501 g/mol. The summed E-state index contributed by atoms with van der Waals surface area (Å²) in [7, 11) is 0. The van der Waals surface area contributed by atoms with Crippen molar-refractivity contribution in [3.05, 3.63) is 65.2 Å². The van der Waals surface area contributed by atoms with Gasteiger partial charge in [-0.05, 0) is 55.2 Å². The molecule has 3 N–H and O–H groups in total. The van der Waals surface area contributed by atoms with Crippen molar-refractivity contribution < 1.29 is 13.9 Å². The monoisotopic (exact) mass is 530 g/mol. The van der Waals surface area contributed by atoms with Gasteiger partial charge in [0.2, 0.25) is 0 Å². The van der Waals surface area contributed by atoms with Crippen LogP contribution in [0.1, 0.15) is 30.9 Å². The van der Waals surface area contributed by atoms with Gasteiger partial charge in [0.15, 0.2) is 17.6 Å². The zero-order valence-corrected chi connectivity index (χ0v) is 19.4. The van der Waals surface area contributed by atoms with Gasteiger partial charge >= 0.3 is 0 Å². The summed E-state index contributed by atoms with van der Waals surface area (Å²) in [5.41, 5.74) is 1.74. The number of nitrogens with one attached hydrogen (secondary N) is 2. The summed E-state index contributed by atoms with van der Waals surface area (Å²) < 4.78 is 26.5. The molecule has 1 aliphatic rings. The zero-order chi connectivity index (χ0) is 20.6. The summed E-state index contributed by atoms with van der Waals surface area (Å²) in [5.74, 6) is -0.603. The van der Waals surface area contributed by atoms with Crippen LogP contribution in [0.4, 0.5) is 8.78 Å². The van der Waals surface area contributed by atoms with Crippen LogP contribution in [-0.2, 0) is 13.1 Å². The van der Waals surface area contributed by atoms with Gasteiger partial charge in [-0.2, -0.15) is 0 Å². The SMILES string of the molecule is CCNC(=NCc1cccc(O)c1)NC1CCN(Cc2ccc(F)c(F)c2)CC1.I. The van der Waals surface area contributed by atoms with Crippen LogP contribution >= 0.6 is 24.0 Å². The fourth-order valence-electron chi connectivity index (χ4n) is 3.47. The van der Waals surface area contributed by atoms with Crippen LogP contribution in [0.5, 0.6) is 5.75 Å². The van der Waals surface area contributed by atoms with Gasteiger partial charge in [-0.15, -0.1) is 24.0 Å². The second-order valence-electron chi connectivity index (χ2n) is 7.31. The fraction of sp³-hybridized carbons (Fsp3) is 0.409. The molecule has 1 aliphatic heterocycles. The number of halogens is 3. The number of hydrogen-bond donors (Lipinski definition) is 3. The van der Waals surface area contributed by atoms with Crippen LogP contribution in [0.15, 0.2) is 47.5 Å². The lowest BCUT2D eigenvalue weighted by Gasteiger charge is -2.33. The Kier molecular flexibility index (Phi) is 9.77. The van der Waals surface area contributed by atoms with Crippen molar-refractivity contribution in [3.63, 3.8) is 0 Å². The van der Waals surface area contributed by atoms with E-state index in [1.807, 2.05) is 19.1 Å². The second-order valence-corrected chi connectivity index (χ2v) is 7.31. The van der Waals surface area contributed by atoms with Gasteiger partial charge in [-0.3, -0.25) is 4.90 Å². The normalized spacial score (nSPS) is 15.5. The first-order valence-electron chi connectivity index (χ1n) is 10.0. The van der Waals surface area contributed by atoms with Crippen LogP contribution in [-0.4, -0.2) is 41.6 Å². The third-order valence-corrected chi connectivity index (χ3v) is 4.99. The molecule has 0 atom stereocenters. The Balaban J connectivity index is 0.00000320. The van der Waals surface area contributed by atoms with Gasteiger partial charge in [0.25, 0.3) is 0 Å². The number of benzene rings is 2. The largest absolute Gasteiger partial charge is 0.508 e. The minimum absolute atomic E-state index is 0. The zero-order valence-electron chi connectivity index (χ0n) is 17.1. The Bertz CT molecular complexity index is 842. The van der Waals surface area contributed by atoms with E-state index in [2.05, 4.69) is 20.5 Å². The first-order valence-corrected chi connectivity index (χ1v) is 10.0. The lowest BCUT2D eigenvalue weighted by atomic mass is 10.0. The maximum absolute atomic E-state index is 13.4. The molecule has 1 heterocycles. The third kappa shape index (κ3) is 7.39. The first-order chi connectivity index (χ1) is 14.0. The standard InChI is InChI=1S/C22H28F2N4O.HI/c1-2-25-22(26-14-16-4-3-5-19(29)12-16)27-18-8-10-28(11-9-18)15-17-6-7-20(23)21(24)13-17;/h3-7,12-13,18,29H,2,8-11,14-15H2,1H3,(H2,25,26,27);1H. The molecule has 3 rings (SSSR count). The maximum Gasteiger partial charge on any atom is 0.191 e. The number of nitrogens with zero attached hydrogens (tertiary/aromatic N) is 2. The van der Waals surface area contributed by atoms with E-state index in [0.29, 0.717) is 19.1 Å². The van der Waals surface area contributed by atoms with E-state index in [1.165, 1.54) is 12.1 Å². The van der Waals surface area contributed by atoms with Gasteiger partial charge in [0.1, 0.15) is 5.75 Å². The number of aromatic hydroxyl groups is 1. The number of guanidine groups is 1. The number of likely N-dealkylation sites (tertiary alicyclic amines) is 1. The van der Waals surface area contributed by atoms with Crippen molar-refractivity contribution in [2.75, 3.05) is 19.6 Å². The second kappa shape index (κ2) is 12.0. The van der Waals surface area contributed by atoms with E-state index >= 15 is 0 Å². The van der Waals surface area contributed by atoms with Gasteiger partial charge in [-0.1, -0.05) is 18.2 Å². The molecule has 1 saturated heterocycles. The molecule has 0 aromatic heterocycles. The first kappa shape index (κ1) is 24.3. The van der Waals surface area contributed by atoms with Crippen LogP contribution in [0.3, 0.4) is 0 Å². The van der Waals surface area contributed by atoms with E-state index in [4.69, 9.17) is 0 Å². The van der Waals surface area contributed by atoms with Crippen molar-refractivity contribution in [2.45, 2.75) is 38.9 Å². The Morgan fingerprint density at radius 2 is 1.87 bits per heavy atom. The smallest absolute Gasteiger partial charge is 0.191 e. The number of phenolic OH excluding ortho intramolecular Hbond substituents is 1. The predicted octanol–water partition coefficient (Wildman–Crippen LogP) is 4.01. The minimum Gasteiger partial charge on any atom is -0.508 e. The molecule has 30 heavy (non-hydrogen) atoms. The van der Waals surface area contributed by atoms with E-state index in [9.17, 15) is 13.9 Å². The molecular formula is C22H29F2IN4O. The molecule has 0 aliphatic carbocycles. The average Bonchev–Trinajstić information content (AvgIpc) is 2.71. The van der Waals surface area contributed by atoms with Crippen molar-refractivity contribution in [2.24, 2.45) is 4.99 Å². The molecule has 0 saturated carbocycles. The van der Waals surface area contributed by atoms with E-state index < -0.39 is 11.6 Å². The summed E-state index contributed by atoms with van der Waals surface area (Å²) in [6, 6.07) is 11.5. The van der Waals surface area contributed by atoms with Crippen LogP contribution < -0.4 is 10.6 Å². The number of rotatable bonds is 6. The summed E-state index contributed by atoms with van der Waals surface area (Å²) in [4.78, 5) is 6.87. The Morgan fingerprint density at radius 1 is 1.10 bits per heavy atom. The highest BCUT2D eigenvalue weighted by Crippen LogP contribution is 2.16. The molecule has 5 nitrogen and oxygen atoms in total.